The van der Waals surface area contributed by atoms with E-state index in [-0.39, 0.29) is 11.8 Å². The van der Waals surface area contributed by atoms with Crippen molar-refractivity contribution in [1.82, 2.24) is 15.5 Å². The molecule has 134 valence electrons. The van der Waals surface area contributed by atoms with E-state index in [1.807, 2.05) is 43.3 Å². The molecule has 0 bridgehead atoms. The Hall–Kier alpha value is -2.08. The van der Waals surface area contributed by atoms with Crippen molar-refractivity contribution in [2.75, 3.05) is 40.8 Å². The Morgan fingerprint density at radius 1 is 1.12 bits per heavy atom. The fourth-order valence-electron chi connectivity index (χ4n) is 2.09. The summed E-state index contributed by atoms with van der Waals surface area (Å²) in [6, 6.07) is 7.71. The number of hydrogen-bond donors (Lipinski definition) is 2. The minimum Gasteiger partial charge on any atom is -0.497 e. The van der Waals surface area contributed by atoms with Crippen LogP contribution in [0.3, 0.4) is 0 Å². The Labute approximate surface area is 144 Å². The monoisotopic (exact) mass is 335 g/mol. The Bertz CT molecular complexity index is 556. The van der Waals surface area contributed by atoms with Gasteiger partial charge in [-0.1, -0.05) is 12.1 Å². The molecule has 0 heterocycles. The zero-order valence-corrected chi connectivity index (χ0v) is 15.3. The second kappa shape index (κ2) is 9.27. The van der Waals surface area contributed by atoms with E-state index in [1.54, 1.807) is 21.0 Å². The van der Waals surface area contributed by atoms with Crippen molar-refractivity contribution in [2.45, 2.75) is 20.3 Å². The number of carbonyl (C=O) groups is 2. The molecule has 0 saturated heterocycles. The van der Waals surface area contributed by atoms with Crippen molar-refractivity contribution in [1.29, 1.82) is 0 Å². The molecule has 0 aliphatic carbocycles. The number of benzene rings is 1. The van der Waals surface area contributed by atoms with Gasteiger partial charge in [0.1, 0.15) is 11.2 Å². The molecule has 0 aliphatic heterocycles. The van der Waals surface area contributed by atoms with E-state index in [1.165, 1.54) is 0 Å². The normalized spacial score (nSPS) is 11.2. The first-order valence-electron chi connectivity index (χ1n) is 8.11. The van der Waals surface area contributed by atoms with Gasteiger partial charge in [-0.25, -0.2) is 0 Å². The van der Waals surface area contributed by atoms with Crippen molar-refractivity contribution in [3.05, 3.63) is 29.8 Å². The van der Waals surface area contributed by atoms with Crippen LogP contribution in [0, 0.1) is 5.41 Å². The summed E-state index contributed by atoms with van der Waals surface area (Å²) in [5, 5.41) is 5.64. The third-order valence-corrected chi connectivity index (χ3v) is 3.81. The topological polar surface area (TPSA) is 70.7 Å². The summed E-state index contributed by atoms with van der Waals surface area (Å²) in [7, 11) is 5.49. The number of methoxy groups -OCH3 is 1. The molecule has 0 fully saturated rings. The van der Waals surface area contributed by atoms with Crippen LogP contribution in [-0.2, 0) is 16.0 Å². The molecule has 0 spiro atoms. The number of amides is 2. The molecule has 1 aromatic rings. The zero-order valence-electron chi connectivity index (χ0n) is 15.3. The number of rotatable bonds is 9. The summed E-state index contributed by atoms with van der Waals surface area (Å²) in [6.45, 7) is 5.00. The fraction of sp³-hybridized carbons (Fsp3) is 0.556. The summed E-state index contributed by atoms with van der Waals surface area (Å²) < 4.78 is 5.18. The van der Waals surface area contributed by atoms with E-state index in [0.717, 1.165) is 17.9 Å². The van der Waals surface area contributed by atoms with E-state index < -0.39 is 5.41 Å². The van der Waals surface area contributed by atoms with Crippen LogP contribution < -0.4 is 15.4 Å². The number of nitrogens with one attached hydrogen (secondary N) is 2. The van der Waals surface area contributed by atoms with Gasteiger partial charge in [0.15, 0.2) is 0 Å². The number of ether oxygens (including phenoxy) is 1. The molecule has 1 aromatic carbocycles. The standard InChI is InChI=1S/C18H29N3O3/c1-18(2,17(23)20-11-12-21(3)4)16(22)19-10-9-14-7-6-8-15(13-14)24-5/h6-8,13H,9-12H2,1-5H3,(H,19,22)(H,20,23). The smallest absolute Gasteiger partial charge is 0.235 e. The lowest BCUT2D eigenvalue weighted by atomic mass is 9.91. The van der Waals surface area contributed by atoms with Gasteiger partial charge >= 0.3 is 0 Å². The third-order valence-electron chi connectivity index (χ3n) is 3.81. The zero-order chi connectivity index (χ0) is 18.2. The maximum absolute atomic E-state index is 12.3. The maximum atomic E-state index is 12.3. The molecule has 0 saturated carbocycles. The summed E-state index contributed by atoms with van der Waals surface area (Å²) >= 11 is 0. The maximum Gasteiger partial charge on any atom is 0.235 e. The third kappa shape index (κ3) is 6.20. The van der Waals surface area contributed by atoms with Crippen molar-refractivity contribution >= 4 is 11.8 Å². The average Bonchev–Trinajstić information content (AvgIpc) is 2.54. The second-order valence-electron chi connectivity index (χ2n) is 6.54. The molecule has 0 aliphatic rings. The lowest BCUT2D eigenvalue weighted by Crippen LogP contribution is -2.49. The molecule has 2 N–H and O–H groups in total. The van der Waals surface area contributed by atoms with Crippen molar-refractivity contribution in [3.8, 4) is 5.75 Å². The number of nitrogens with zero attached hydrogens (tertiary/aromatic N) is 1. The fourth-order valence-corrected chi connectivity index (χ4v) is 2.09. The summed E-state index contributed by atoms with van der Waals surface area (Å²) in [4.78, 5) is 26.5. The van der Waals surface area contributed by atoms with Crippen LogP contribution in [0.2, 0.25) is 0 Å². The van der Waals surface area contributed by atoms with Crippen LogP contribution >= 0.6 is 0 Å². The van der Waals surface area contributed by atoms with Gasteiger partial charge in [0.2, 0.25) is 11.8 Å². The van der Waals surface area contributed by atoms with Gasteiger partial charge in [-0.3, -0.25) is 9.59 Å². The van der Waals surface area contributed by atoms with Crippen LogP contribution in [0.4, 0.5) is 0 Å². The quantitative estimate of drug-likeness (QED) is 0.662. The Morgan fingerprint density at radius 2 is 1.75 bits per heavy atom. The van der Waals surface area contributed by atoms with E-state index in [9.17, 15) is 9.59 Å². The average molecular weight is 335 g/mol. The predicted octanol–water partition coefficient (Wildman–Crippen LogP) is 1.06. The van der Waals surface area contributed by atoms with Gasteiger partial charge < -0.3 is 20.3 Å². The van der Waals surface area contributed by atoms with E-state index in [4.69, 9.17) is 4.74 Å². The molecule has 6 heteroatoms. The molecule has 1 rings (SSSR count). The predicted molar refractivity (Wildman–Crippen MR) is 95.1 cm³/mol. The highest BCUT2D eigenvalue weighted by atomic mass is 16.5. The highest BCUT2D eigenvalue weighted by Gasteiger charge is 2.35. The second-order valence-corrected chi connectivity index (χ2v) is 6.54. The molecular formula is C18H29N3O3. The molecule has 24 heavy (non-hydrogen) atoms. The Morgan fingerprint density at radius 3 is 2.33 bits per heavy atom. The first-order chi connectivity index (χ1) is 11.3. The van der Waals surface area contributed by atoms with E-state index in [2.05, 4.69) is 10.6 Å². The summed E-state index contributed by atoms with van der Waals surface area (Å²) in [5.41, 5.74) is -0.0244. The van der Waals surface area contributed by atoms with E-state index in [0.29, 0.717) is 19.5 Å². The van der Waals surface area contributed by atoms with Gasteiger partial charge in [0.05, 0.1) is 7.11 Å². The highest BCUT2D eigenvalue weighted by molar-refractivity contribution is 6.04. The number of hydrogen-bond acceptors (Lipinski definition) is 4. The van der Waals surface area contributed by atoms with Crippen LogP contribution in [-0.4, -0.2) is 57.6 Å². The minimum atomic E-state index is -1.10. The molecule has 6 nitrogen and oxygen atoms in total. The summed E-state index contributed by atoms with van der Waals surface area (Å²) in [5.74, 6) is 0.260. The SMILES string of the molecule is COc1cccc(CCNC(=O)C(C)(C)C(=O)NCCN(C)C)c1. The molecule has 0 atom stereocenters. The lowest BCUT2D eigenvalue weighted by molar-refractivity contribution is -0.141. The molecule has 2 amide bonds. The first kappa shape index (κ1) is 20.0. The Balaban J connectivity index is 2.45. The van der Waals surface area contributed by atoms with Gasteiger partial charge in [0, 0.05) is 19.6 Å². The van der Waals surface area contributed by atoms with Crippen LogP contribution in [0.25, 0.3) is 0 Å². The molecule has 0 aromatic heterocycles. The van der Waals surface area contributed by atoms with Gasteiger partial charge in [-0.05, 0) is 52.1 Å². The van der Waals surface area contributed by atoms with Crippen molar-refractivity contribution in [3.63, 3.8) is 0 Å². The molecular weight excluding hydrogens is 306 g/mol. The van der Waals surface area contributed by atoms with Crippen LogP contribution in [0.15, 0.2) is 24.3 Å². The van der Waals surface area contributed by atoms with E-state index >= 15 is 0 Å². The van der Waals surface area contributed by atoms with Crippen LogP contribution in [0.5, 0.6) is 5.75 Å². The van der Waals surface area contributed by atoms with Crippen molar-refractivity contribution in [2.24, 2.45) is 5.41 Å². The lowest BCUT2D eigenvalue weighted by Gasteiger charge is -2.23. The number of likely N-dealkylation sites (N-methyl/N-ethyl adjacent to an activating group) is 1. The largest absolute Gasteiger partial charge is 0.497 e. The minimum absolute atomic E-state index is 0.261. The van der Waals surface area contributed by atoms with Gasteiger partial charge in [0.25, 0.3) is 0 Å². The highest BCUT2D eigenvalue weighted by Crippen LogP contribution is 2.16. The van der Waals surface area contributed by atoms with Gasteiger partial charge in [-0.2, -0.15) is 0 Å². The number of carbonyl (C=O) groups excluding carboxylic acids is 2. The van der Waals surface area contributed by atoms with Crippen molar-refractivity contribution < 1.29 is 14.3 Å². The van der Waals surface area contributed by atoms with Gasteiger partial charge in [-0.15, -0.1) is 0 Å². The first-order valence-corrected chi connectivity index (χ1v) is 8.11. The summed E-state index contributed by atoms with van der Waals surface area (Å²) in [6.07, 6.45) is 0.682. The Kier molecular flexibility index (Phi) is 7.71. The molecule has 0 radical (unpaired) electrons. The van der Waals surface area contributed by atoms with Crippen LogP contribution in [0.1, 0.15) is 19.4 Å². The molecule has 0 unspecified atom stereocenters.